The molecule has 19 heavy (non-hydrogen) atoms. The first-order valence-corrected chi connectivity index (χ1v) is 6.25. The van der Waals surface area contributed by atoms with Crippen molar-refractivity contribution in [1.82, 2.24) is 4.98 Å². The number of pyridine rings is 1. The maximum atomic E-state index is 12.1. The predicted octanol–water partition coefficient (Wildman–Crippen LogP) is 2.47. The van der Waals surface area contributed by atoms with Gasteiger partial charge in [0.1, 0.15) is 0 Å². The molecule has 0 saturated carbocycles. The zero-order valence-electron chi connectivity index (χ0n) is 11.0. The number of hydrogen-bond acceptors (Lipinski definition) is 4. The van der Waals surface area contributed by atoms with Gasteiger partial charge in [0.15, 0.2) is 5.78 Å². The Morgan fingerprint density at radius 3 is 2.84 bits per heavy atom. The summed E-state index contributed by atoms with van der Waals surface area (Å²) in [6.45, 7) is 1.47. The Hall–Kier alpha value is -1.78. The molecule has 0 aliphatic heterocycles. The Morgan fingerprint density at radius 2 is 2.00 bits per heavy atom. The summed E-state index contributed by atoms with van der Waals surface area (Å²) in [4.78, 5) is 16.3. The molecule has 0 amide bonds. The summed E-state index contributed by atoms with van der Waals surface area (Å²) < 4.78 is 10.2. The zero-order valence-corrected chi connectivity index (χ0v) is 11.0. The fourth-order valence-corrected chi connectivity index (χ4v) is 1.88. The van der Waals surface area contributed by atoms with Gasteiger partial charge in [-0.1, -0.05) is 24.3 Å². The van der Waals surface area contributed by atoms with Crippen LogP contribution in [0.5, 0.6) is 0 Å². The molecule has 0 atom stereocenters. The maximum Gasteiger partial charge on any atom is 0.167 e. The summed E-state index contributed by atoms with van der Waals surface area (Å²) in [7, 11) is 1.62. The average Bonchev–Trinajstić information content (AvgIpc) is 2.46. The van der Waals surface area contributed by atoms with E-state index in [4.69, 9.17) is 9.47 Å². The van der Waals surface area contributed by atoms with Crippen LogP contribution in [-0.4, -0.2) is 37.7 Å². The van der Waals surface area contributed by atoms with Crippen molar-refractivity contribution in [3.8, 4) is 0 Å². The topological polar surface area (TPSA) is 48.4 Å². The molecule has 1 aromatic heterocycles. The number of nitrogens with zero attached hydrogens (tertiary/aromatic N) is 1. The lowest BCUT2D eigenvalue weighted by molar-refractivity contribution is 0.0642. The van der Waals surface area contributed by atoms with Crippen molar-refractivity contribution in [2.24, 2.45) is 0 Å². The van der Waals surface area contributed by atoms with E-state index in [-0.39, 0.29) is 5.78 Å². The van der Waals surface area contributed by atoms with Crippen molar-refractivity contribution < 1.29 is 14.3 Å². The fourth-order valence-electron chi connectivity index (χ4n) is 1.88. The second-order valence-corrected chi connectivity index (χ2v) is 4.19. The number of fused-ring (bicyclic) bond motifs is 1. The lowest BCUT2D eigenvalue weighted by atomic mass is 10.0. The molecule has 0 unspecified atom stereocenters. The second-order valence-electron chi connectivity index (χ2n) is 4.19. The Labute approximate surface area is 112 Å². The predicted molar refractivity (Wildman–Crippen MR) is 73.4 cm³/mol. The van der Waals surface area contributed by atoms with Gasteiger partial charge in [-0.15, -0.1) is 0 Å². The number of ketones is 1. The van der Waals surface area contributed by atoms with Crippen LogP contribution >= 0.6 is 0 Å². The molecule has 0 aliphatic rings. The van der Waals surface area contributed by atoms with Gasteiger partial charge in [-0.2, -0.15) is 0 Å². The van der Waals surface area contributed by atoms with Crippen LogP contribution in [0.15, 0.2) is 36.7 Å². The Morgan fingerprint density at radius 1 is 1.16 bits per heavy atom. The molecule has 0 spiro atoms. The number of methoxy groups -OCH3 is 1. The normalized spacial score (nSPS) is 10.8. The highest BCUT2D eigenvalue weighted by Crippen LogP contribution is 2.18. The van der Waals surface area contributed by atoms with Crippen LogP contribution in [0.25, 0.3) is 10.8 Å². The van der Waals surface area contributed by atoms with Crippen LogP contribution in [0.4, 0.5) is 0 Å². The molecule has 2 aromatic rings. The third-order valence-electron chi connectivity index (χ3n) is 2.87. The van der Waals surface area contributed by atoms with Crippen molar-refractivity contribution in [2.75, 3.05) is 26.9 Å². The Kier molecular flexibility index (Phi) is 5.01. The SMILES string of the molecule is COCCOCCC(=O)c1cncc2ccccc12. The number of ether oxygens (including phenoxy) is 2. The molecule has 2 rings (SSSR count). The first kappa shape index (κ1) is 13.6. The molecular formula is C15H17NO3. The Balaban J connectivity index is 2.01. The van der Waals surface area contributed by atoms with E-state index in [2.05, 4.69) is 4.98 Å². The largest absolute Gasteiger partial charge is 0.382 e. The molecule has 4 heteroatoms. The van der Waals surface area contributed by atoms with E-state index in [1.165, 1.54) is 0 Å². The number of aromatic nitrogens is 1. The van der Waals surface area contributed by atoms with Crippen molar-refractivity contribution in [1.29, 1.82) is 0 Å². The van der Waals surface area contributed by atoms with Crippen LogP contribution in [0.3, 0.4) is 0 Å². The zero-order chi connectivity index (χ0) is 13.5. The van der Waals surface area contributed by atoms with E-state index < -0.39 is 0 Å². The summed E-state index contributed by atoms with van der Waals surface area (Å²) in [5.41, 5.74) is 0.661. The molecule has 4 nitrogen and oxygen atoms in total. The van der Waals surface area contributed by atoms with E-state index in [0.29, 0.717) is 31.8 Å². The van der Waals surface area contributed by atoms with E-state index in [1.807, 2.05) is 24.3 Å². The summed E-state index contributed by atoms with van der Waals surface area (Å²) in [6, 6.07) is 7.75. The van der Waals surface area contributed by atoms with E-state index >= 15 is 0 Å². The molecule has 0 bridgehead atoms. The van der Waals surface area contributed by atoms with Gasteiger partial charge in [0, 0.05) is 36.9 Å². The van der Waals surface area contributed by atoms with Gasteiger partial charge in [0.05, 0.1) is 19.8 Å². The third kappa shape index (κ3) is 3.59. The van der Waals surface area contributed by atoms with Crippen LogP contribution in [0, 0.1) is 0 Å². The molecular weight excluding hydrogens is 242 g/mol. The lowest BCUT2D eigenvalue weighted by Gasteiger charge is -2.06. The molecule has 100 valence electrons. The van der Waals surface area contributed by atoms with Gasteiger partial charge in [0.25, 0.3) is 0 Å². The van der Waals surface area contributed by atoms with Crippen molar-refractivity contribution in [2.45, 2.75) is 6.42 Å². The lowest BCUT2D eigenvalue weighted by Crippen LogP contribution is -2.08. The molecule has 0 aliphatic carbocycles. The van der Waals surface area contributed by atoms with Crippen molar-refractivity contribution in [3.63, 3.8) is 0 Å². The smallest absolute Gasteiger partial charge is 0.167 e. The molecule has 0 N–H and O–H groups in total. The van der Waals surface area contributed by atoms with Crippen LogP contribution in [-0.2, 0) is 9.47 Å². The standard InChI is InChI=1S/C15H17NO3/c1-18-8-9-19-7-6-15(17)14-11-16-10-12-4-2-3-5-13(12)14/h2-5,10-11H,6-9H2,1H3. The number of carbonyl (C=O) groups excluding carboxylic acids is 1. The summed E-state index contributed by atoms with van der Waals surface area (Å²) in [6.07, 6.45) is 3.75. The van der Waals surface area contributed by atoms with Gasteiger partial charge in [0.2, 0.25) is 0 Å². The van der Waals surface area contributed by atoms with Gasteiger partial charge in [-0.3, -0.25) is 9.78 Å². The molecule has 0 saturated heterocycles. The van der Waals surface area contributed by atoms with Crippen LogP contribution in [0.2, 0.25) is 0 Å². The third-order valence-corrected chi connectivity index (χ3v) is 2.87. The first-order chi connectivity index (χ1) is 9.33. The van der Waals surface area contributed by atoms with Gasteiger partial charge in [-0.25, -0.2) is 0 Å². The molecule has 1 heterocycles. The molecule has 1 aromatic carbocycles. The van der Waals surface area contributed by atoms with Gasteiger partial charge < -0.3 is 9.47 Å². The number of carbonyl (C=O) groups is 1. The quantitative estimate of drug-likeness (QED) is 0.566. The van der Waals surface area contributed by atoms with Crippen molar-refractivity contribution >= 4 is 16.6 Å². The minimum atomic E-state index is 0.0571. The van der Waals surface area contributed by atoms with E-state index in [9.17, 15) is 4.79 Å². The van der Waals surface area contributed by atoms with Gasteiger partial charge in [-0.05, 0) is 5.39 Å². The number of rotatable bonds is 7. The summed E-state index contributed by atoms with van der Waals surface area (Å²) >= 11 is 0. The molecule has 0 radical (unpaired) electrons. The van der Waals surface area contributed by atoms with Crippen molar-refractivity contribution in [3.05, 3.63) is 42.2 Å². The number of Topliss-reactive ketones (excluding diaryl/α,β-unsaturated/α-hetero) is 1. The summed E-state index contributed by atoms with van der Waals surface area (Å²) in [5, 5.41) is 1.92. The highest BCUT2D eigenvalue weighted by atomic mass is 16.5. The fraction of sp³-hybridized carbons (Fsp3) is 0.333. The highest BCUT2D eigenvalue weighted by molar-refractivity contribution is 6.07. The average molecular weight is 259 g/mol. The minimum Gasteiger partial charge on any atom is -0.382 e. The van der Waals surface area contributed by atoms with Crippen LogP contribution in [0.1, 0.15) is 16.8 Å². The monoisotopic (exact) mass is 259 g/mol. The highest BCUT2D eigenvalue weighted by Gasteiger charge is 2.10. The van der Waals surface area contributed by atoms with Crippen LogP contribution < -0.4 is 0 Å². The number of hydrogen-bond donors (Lipinski definition) is 0. The minimum absolute atomic E-state index is 0.0571. The van der Waals surface area contributed by atoms with Gasteiger partial charge >= 0.3 is 0 Å². The van der Waals surface area contributed by atoms with E-state index in [0.717, 1.165) is 10.8 Å². The second kappa shape index (κ2) is 6.97. The number of benzene rings is 1. The summed E-state index contributed by atoms with van der Waals surface area (Å²) in [5.74, 6) is 0.0571. The first-order valence-electron chi connectivity index (χ1n) is 6.25. The molecule has 0 fully saturated rings. The Bertz CT molecular complexity index is 549. The van der Waals surface area contributed by atoms with E-state index in [1.54, 1.807) is 19.5 Å². The maximum absolute atomic E-state index is 12.1.